The second-order valence-electron chi connectivity index (χ2n) is 7.66. The lowest BCUT2D eigenvalue weighted by Gasteiger charge is -2.40. The lowest BCUT2D eigenvalue weighted by Crippen LogP contribution is -2.51. The van der Waals surface area contributed by atoms with Crippen molar-refractivity contribution in [2.24, 2.45) is 5.92 Å². The van der Waals surface area contributed by atoms with E-state index >= 15 is 0 Å². The van der Waals surface area contributed by atoms with Gasteiger partial charge in [-0.05, 0) is 32.4 Å². The van der Waals surface area contributed by atoms with E-state index in [-0.39, 0.29) is 11.5 Å². The first-order valence-corrected chi connectivity index (χ1v) is 9.61. The normalized spacial score (nSPS) is 18.3. The van der Waals surface area contributed by atoms with E-state index in [1.807, 2.05) is 24.8 Å². The number of likely N-dealkylation sites (tertiary alicyclic amines) is 2. The Kier molecular flexibility index (Phi) is 4.82. The summed E-state index contributed by atoms with van der Waals surface area (Å²) in [5.74, 6) is 1.37. The molecule has 2 aromatic heterocycles. The van der Waals surface area contributed by atoms with Gasteiger partial charge in [0.2, 0.25) is 5.91 Å². The van der Waals surface area contributed by atoms with Crippen molar-refractivity contribution in [1.82, 2.24) is 29.4 Å². The summed E-state index contributed by atoms with van der Waals surface area (Å²) in [4.78, 5) is 28.2. The predicted octanol–water partition coefficient (Wildman–Crippen LogP) is 0.600. The minimum Gasteiger partial charge on any atom is -0.341 e. The molecular weight excluding hydrogens is 344 g/mol. The van der Waals surface area contributed by atoms with Crippen LogP contribution in [-0.4, -0.2) is 68.0 Å². The number of hydrogen-bond acceptors (Lipinski definition) is 5. The van der Waals surface area contributed by atoms with Crippen LogP contribution >= 0.6 is 0 Å². The summed E-state index contributed by atoms with van der Waals surface area (Å²) in [7, 11) is 0. The van der Waals surface area contributed by atoms with E-state index < -0.39 is 0 Å². The van der Waals surface area contributed by atoms with Crippen molar-refractivity contribution >= 4 is 5.91 Å². The Morgan fingerprint density at radius 1 is 1.11 bits per heavy atom. The number of amides is 1. The van der Waals surface area contributed by atoms with E-state index in [1.165, 1.54) is 0 Å². The smallest absolute Gasteiger partial charge is 0.266 e. The molecule has 0 unspecified atom stereocenters. The maximum atomic E-state index is 12.2. The number of aromatic nitrogens is 4. The molecule has 0 radical (unpaired) electrons. The molecule has 0 atom stereocenters. The fourth-order valence-electron chi connectivity index (χ4n) is 3.96. The minimum atomic E-state index is -0.0820. The first-order chi connectivity index (χ1) is 13.0. The van der Waals surface area contributed by atoms with Crippen LogP contribution in [0, 0.1) is 19.8 Å². The van der Waals surface area contributed by atoms with Gasteiger partial charge >= 0.3 is 0 Å². The summed E-state index contributed by atoms with van der Waals surface area (Å²) >= 11 is 0. The highest BCUT2D eigenvalue weighted by Crippen LogP contribution is 2.18. The number of rotatable bonds is 6. The van der Waals surface area contributed by atoms with E-state index in [1.54, 1.807) is 21.5 Å². The highest BCUT2D eigenvalue weighted by Gasteiger charge is 2.29. The summed E-state index contributed by atoms with van der Waals surface area (Å²) in [6, 6.07) is 5.28. The number of hydrogen-bond donors (Lipinski definition) is 0. The van der Waals surface area contributed by atoms with E-state index in [4.69, 9.17) is 0 Å². The fourth-order valence-corrected chi connectivity index (χ4v) is 3.96. The van der Waals surface area contributed by atoms with Crippen molar-refractivity contribution in [3.8, 4) is 5.82 Å². The van der Waals surface area contributed by atoms with Crippen molar-refractivity contribution < 1.29 is 4.79 Å². The van der Waals surface area contributed by atoms with Crippen LogP contribution in [0.2, 0.25) is 0 Å². The van der Waals surface area contributed by atoms with E-state index in [0.717, 1.165) is 50.5 Å². The van der Waals surface area contributed by atoms with Crippen LogP contribution in [0.4, 0.5) is 0 Å². The van der Waals surface area contributed by atoms with Gasteiger partial charge in [0.05, 0.1) is 12.2 Å². The Morgan fingerprint density at radius 2 is 1.93 bits per heavy atom. The van der Waals surface area contributed by atoms with E-state index in [0.29, 0.717) is 24.7 Å². The third kappa shape index (κ3) is 3.80. The third-order valence-corrected chi connectivity index (χ3v) is 5.40. The van der Waals surface area contributed by atoms with Crippen LogP contribution in [0.1, 0.15) is 24.2 Å². The molecule has 0 bridgehead atoms. The molecule has 0 spiro atoms. The largest absolute Gasteiger partial charge is 0.341 e. The van der Waals surface area contributed by atoms with Crippen LogP contribution < -0.4 is 5.56 Å². The molecular formula is C19H26N6O2. The molecule has 0 saturated carbocycles. The molecule has 27 heavy (non-hydrogen) atoms. The fraction of sp³-hybridized carbons (Fsp3) is 0.579. The van der Waals surface area contributed by atoms with Crippen molar-refractivity contribution in [3.63, 3.8) is 0 Å². The summed E-state index contributed by atoms with van der Waals surface area (Å²) in [6.45, 7) is 9.05. The molecule has 2 saturated heterocycles. The monoisotopic (exact) mass is 370 g/mol. The predicted molar refractivity (Wildman–Crippen MR) is 101 cm³/mol. The second kappa shape index (κ2) is 7.26. The molecule has 8 heteroatoms. The van der Waals surface area contributed by atoms with Crippen molar-refractivity contribution in [2.75, 3.05) is 32.7 Å². The van der Waals surface area contributed by atoms with Gasteiger partial charge in [0.25, 0.3) is 5.56 Å². The Bertz CT molecular complexity index is 896. The summed E-state index contributed by atoms with van der Waals surface area (Å²) in [6.07, 6.45) is 1.68. The summed E-state index contributed by atoms with van der Waals surface area (Å²) < 4.78 is 3.32. The number of nitrogens with zero attached hydrogens (tertiary/aromatic N) is 6. The Morgan fingerprint density at radius 3 is 2.59 bits per heavy atom. The van der Waals surface area contributed by atoms with E-state index in [2.05, 4.69) is 15.1 Å². The first-order valence-electron chi connectivity index (χ1n) is 9.61. The van der Waals surface area contributed by atoms with Crippen LogP contribution in [-0.2, 0) is 11.3 Å². The number of carbonyl (C=O) groups is 1. The quantitative estimate of drug-likeness (QED) is 0.744. The van der Waals surface area contributed by atoms with Crippen LogP contribution in [0.25, 0.3) is 5.82 Å². The molecule has 0 N–H and O–H groups in total. The Labute approximate surface area is 158 Å². The topological polar surface area (TPSA) is 76.3 Å². The highest BCUT2D eigenvalue weighted by atomic mass is 16.2. The van der Waals surface area contributed by atoms with Gasteiger partial charge in [0.15, 0.2) is 5.82 Å². The molecule has 0 aromatic carbocycles. The molecule has 4 heterocycles. The zero-order chi connectivity index (χ0) is 19.0. The van der Waals surface area contributed by atoms with Crippen molar-refractivity contribution in [2.45, 2.75) is 33.2 Å². The molecule has 2 aliphatic heterocycles. The van der Waals surface area contributed by atoms with Gasteiger partial charge in [-0.15, -0.1) is 5.10 Å². The van der Waals surface area contributed by atoms with E-state index in [9.17, 15) is 9.59 Å². The number of carbonyl (C=O) groups excluding carboxylic acids is 1. The van der Waals surface area contributed by atoms with Gasteiger partial charge in [-0.2, -0.15) is 5.10 Å². The van der Waals surface area contributed by atoms with Crippen molar-refractivity contribution in [1.29, 1.82) is 0 Å². The zero-order valence-electron chi connectivity index (χ0n) is 16.0. The Hall–Kier alpha value is -2.48. The summed E-state index contributed by atoms with van der Waals surface area (Å²) in [5.41, 5.74) is 1.84. The number of aryl methyl sites for hydroxylation is 2. The molecule has 0 aliphatic carbocycles. The molecule has 2 aliphatic rings. The van der Waals surface area contributed by atoms with Crippen LogP contribution in [0.3, 0.4) is 0 Å². The van der Waals surface area contributed by atoms with Crippen LogP contribution in [0.15, 0.2) is 23.0 Å². The SMILES string of the molecule is Cc1cc(C)n(-c2ccc(=O)n(CC3CN(CCN4CCCC4=O)C3)n2)n1. The summed E-state index contributed by atoms with van der Waals surface area (Å²) in [5, 5.41) is 8.96. The van der Waals surface area contributed by atoms with Gasteiger partial charge in [0, 0.05) is 56.8 Å². The molecule has 8 nitrogen and oxygen atoms in total. The zero-order valence-corrected chi connectivity index (χ0v) is 16.0. The maximum absolute atomic E-state index is 12.2. The first kappa shape index (κ1) is 17.9. The molecule has 2 fully saturated rings. The highest BCUT2D eigenvalue weighted by molar-refractivity contribution is 5.78. The lowest BCUT2D eigenvalue weighted by molar-refractivity contribution is -0.128. The standard InChI is InChI=1S/C19H26N6O2/c1-14-10-15(2)25(20-14)17-5-6-19(27)24(21-17)13-16-11-22(12-16)8-9-23-7-3-4-18(23)26/h5-6,10,16H,3-4,7-9,11-13H2,1-2H3. The van der Waals surface area contributed by atoms with Gasteiger partial charge < -0.3 is 9.80 Å². The average Bonchev–Trinajstić information content (AvgIpc) is 3.16. The molecule has 2 aromatic rings. The third-order valence-electron chi connectivity index (χ3n) is 5.40. The molecule has 144 valence electrons. The van der Waals surface area contributed by atoms with Crippen molar-refractivity contribution in [3.05, 3.63) is 39.9 Å². The molecule has 1 amide bonds. The van der Waals surface area contributed by atoms with Gasteiger partial charge in [0.1, 0.15) is 0 Å². The Balaban J connectivity index is 1.34. The lowest BCUT2D eigenvalue weighted by atomic mass is 10.0. The van der Waals surface area contributed by atoms with Gasteiger partial charge in [-0.25, -0.2) is 9.36 Å². The second-order valence-corrected chi connectivity index (χ2v) is 7.66. The average molecular weight is 370 g/mol. The maximum Gasteiger partial charge on any atom is 0.266 e. The molecule has 4 rings (SSSR count). The minimum absolute atomic E-state index is 0.0820. The van der Waals surface area contributed by atoms with Crippen LogP contribution in [0.5, 0.6) is 0 Å². The van der Waals surface area contributed by atoms with Gasteiger partial charge in [-0.1, -0.05) is 0 Å². The van der Waals surface area contributed by atoms with Gasteiger partial charge in [-0.3, -0.25) is 9.59 Å².